The van der Waals surface area contributed by atoms with Gasteiger partial charge in [0.25, 0.3) is 0 Å². The summed E-state index contributed by atoms with van der Waals surface area (Å²) >= 11 is 6.17. The summed E-state index contributed by atoms with van der Waals surface area (Å²) in [6, 6.07) is 13.0. The first-order chi connectivity index (χ1) is 16.3. The third-order valence-corrected chi connectivity index (χ3v) is 6.60. The van der Waals surface area contributed by atoms with Crippen LogP contribution >= 0.6 is 11.6 Å². The quantitative estimate of drug-likeness (QED) is 0.511. The molecular formula is C25H29ClN4O4. The number of ether oxygens (including phenoxy) is 2. The summed E-state index contributed by atoms with van der Waals surface area (Å²) in [7, 11) is 2.96. The fourth-order valence-electron chi connectivity index (χ4n) is 4.45. The maximum Gasteiger partial charge on any atom is 0.356 e. The average Bonchev–Trinajstić information content (AvgIpc) is 3.20. The van der Waals surface area contributed by atoms with Gasteiger partial charge in [-0.25, -0.2) is 4.79 Å². The lowest BCUT2D eigenvalue weighted by Gasteiger charge is -2.43. The largest absolute Gasteiger partial charge is 0.497 e. The first-order valence-corrected chi connectivity index (χ1v) is 11.5. The Labute approximate surface area is 203 Å². The van der Waals surface area contributed by atoms with Crippen LogP contribution in [0.25, 0.3) is 10.9 Å². The maximum absolute atomic E-state index is 13.3. The predicted molar refractivity (Wildman–Crippen MR) is 134 cm³/mol. The van der Waals surface area contributed by atoms with Gasteiger partial charge in [-0.1, -0.05) is 17.7 Å². The Kier molecular flexibility index (Phi) is 7.00. The zero-order chi connectivity index (χ0) is 24.4. The highest BCUT2D eigenvalue weighted by molar-refractivity contribution is 6.31. The molecule has 2 heterocycles. The molecule has 8 nitrogen and oxygen atoms in total. The van der Waals surface area contributed by atoms with Gasteiger partial charge in [0, 0.05) is 53.4 Å². The molecule has 0 radical (unpaired) electrons. The van der Waals surface area contributed by atoms with Crippen molar-refractivity contribution in [2.75, 3.05) is 44.1 Å². The van der Waals surface area contributed by atoms with Crippen molar-refractivity contribution in [1.29, 1.82) is 0 Å². The molecule has 0 unspecified atom stereocenters. The molecule has 34 heavy (non-hydrogen) atoms. The number of hydrogen-bond acceptors (Lipinski definition) is 6. The molecule has 2 aromatic carbocycles. The normalized spacial score (nSPS) is 17.4. The van der Waals surface area contributed by atoms with E-state index in [4.69, 9.17) is 21.1 Å². The van der Waals surface area contributed by atoms with Crippen molar-refractivity contribution in [3.63, 3.8) is 0 Å². The van der Waals surface area contributed by atoms with Crippen molar-refractivity contribution in [2.24, 2.45) is 0 Å². The number of anilines is 2. The Balaban J connectivity index is 1.50. The van der Waals surface area contributed by atoms with Crippen molar-refractivity contribution in [3.05, 3.63) is 53.2 Å². The van der Waals surface area contributed by atoms with Crippen LogP contribution in [0, 0.1) is 0 Å². The Morgan fingerprint density at radius 1 is 1.18 bits per heavy atom. The van der Waals surface area contributed by atoms with Gasteiger partial charge in [0.1, 0.15) is 11.4 Å². The Bertz CT molecular complexity index is 1210. The summed E-state index contributed by atoms with van der Waals surface area (Å²) in [6.45, 7) is 6.24. The van der Waals surface area contributed by atoms with E-state index in [-0.39, 0.29) is 17.6 Å². The topological polar surface area (TPSA) is 86.9 Å². The molecule has 4 rings (SSSR count). The van der Waals surface area contributed by atoms with Crippen LogP contribution in [-0.4, -0.2) is 67.7 Å². The standard InChI is InChI=1S/C25H29ClN4O4/c1-15-14-29(10-11-30(15)18-6-5-7-19(13-18)33-3)16(2)24(31)28-22-20-12-17(26)8-9-21(20)27-23(22)25(32)34-4/h5-9,12-13,15-16,27H,10-11,14H2,1-4H3,(H,28,31)/t15-,16+/m1/s1. The number of carbonyl (C=O) groups excluding carboxylic acids is 2. The van der Waals surface area contributed by atoms with Crippen LogP contribution in [-0.2, 0) is 9.53 Å². The van der Waals surface area contributed by atoms with Gasteiger partial charge in [0.05, 0.1) is 25.9 Å². The zero-order valence-corrected chi connectivity index (χ0v) is 20.5. The van der Waals surface area contributed by atoms with Crippen LogP contribution in [0.5, 0.6) is 5.75 Å². The van der Waals surface area contributed by atoms with Crippen LogP contribution in [0.2, 0.25) is 5.02 Å². The van der Waals surface area contributed by atoms with E-state index in [1.54, 1.807) is 25.3 Å². The van der Waals surface area contributed by atoms with Gasteiger partial charge in [-0.15, -0.1) is 0 Å². The third-order valence-electron chi connectivity index (χ3n) is 6.37. The molecule has 1 aliphatic rings. The van der Waals surface area contributed by atoms with Gasteiger partial charge in [-0.3, -0.25) is 9.69 Å². The molecule has 9 heteroatoms. The summed E-state index contributed by atoms with van der Waals surface area (Å²) in [4.78, 5) is 33.1. The molecule has 180 valence electrons. The molecule has 1 saturated heterocycles. The van der Waals surface area contributed by atoms with Gasteiger partial charge in [0.15, 0.2) is 0 Å². The van der Waals surface area contributed by atoms with Crippen molar-refractivity contribution < 1.29 is 19.1 Å². The molecule has 0 aliphatic carbocycles. The number of piperazine rings is 1. The number of rotatable bonds is 6. The molecule has 0 saturated carbocycles. The predicted octanol–water partition coefficient (Wildman–Crippen LogP) is 4.15. The summed E-state index contributed by atoms with van der Waals surface area (Å²) < 4.78 is 10.3. The Hall–Kier alpha value is -3.23. The van der Waals surface area contributed by atoms with Crippen molar-refractivity contribution >= 4 is 45.8 Å². The Morgan fingerprint density at radius 3 is 2.68 bits per heavy atom. The number of halogens is 1. The second-order valence-electron chi connectivity index (χ2n) is 8.46. The highest BCUT2D eigenvalue weighted by atomic mass is 35.5. The fraction of sp³-hybridized carbons (Fsp3) is 0.360. The van der Waals surface area contributed by atoms with E-state index >= 15 is 0 Å². The lowest BCUT2D eigenvalue weighted by atomic mass is 10.1. The number of carbonyl (C=O) groups is 2. The van der Waals surface area contributed by atoms with E-state index in [9.17, 15) is 9.59 Å². The summed E-state index contributed by atoms with van der Waals surface area (Å²) in [5, 5.41) is 4.11. The van der Waals surface area contributed by atoms with Gasteiger partial charge in [-0.2, -0.15) is 0 Å². The molecule has 1 aromatic heterocycles. The van der Waals surface area contributed by atoms with Gasteiger partial charge in [-0.05, 0) is 44.2 Å². The average molecular weight is 485 g/mol. The van der Waals surface area contributed by atoms with Crippen LogP contribution in [0.15, 0.2) is 42.5 Å². The third kappa shape index (κ3) is 4.69. The SMILES string of the molecule is COC(=O)c1[nH]c2ccc(Cl)cc2c1NC(=O)[C@H](C)N1CCN(c2cccc(OC)c2)[C@H](C)C1. The number of nitrogens with one attached hydrogen (secondary N) is 2. The van der Waals surface area contributed by atoms with E-state index < -0.39 is 12.0 Å². The second-order valence-corrected chi connectivity index (χ2v) is 8.90. The highest BCUT2D eigenvalue weighted by Gasteiger charge is 2.31. The number of esters is 1. The molecule has 1 fully saturated rings. The fourth-order valence-corrected chi connectivity index (χ4v) is 4.62. The number of methoxy groups -OCH3 is 2. The molecule has 2 N–H and O–H groups in total. The van der Waals surface area contributed by atoms with Crippen LogP contribution in [0.3, 0.4) is 0 Å². The number of benzene rings is 2. The molecular weight excluding hydrogens is 456 g/mol. The lowest BCUT2D eigenvalue weighted by molar-refractivity contribution is -0.121. The van der Waals surface area contributed by atoms with Crippen LogP contribution < -0.4 is 15.0 Å². The van der Waals surface area contributed by atoms with E-state index in [0.29, 0.717) is 21.6 Å². The number of hydrogen-bond donors (Lipinski definition) is 2. The number of nitrogens with zero attached hydrogens (tertiary/aromatic N) is 2. The highest BCUT2D eigenvalue weighted by Crippen LogP contribution is 2.31. The number of aromatic nitrogens is 1. The van der Waals surface area contributed by atoms with Crippen molar-refractivity contribution in [3.8, 4) is 5.75 Å². The summed E-state index contributed by atoms with van der Waals surface area (Å²) in [5.41, 5.74) is 2.36. The van der Waals surface area contributed by atoms with Gasteiger partial charge >= 0.3 is 5.97 Å². The lowest BCUT2D eigenvalue weighted by Crippen LogP contribution is -2.56. The smallest absolute Gasteiger partial charge is 0.356 e. The van der Waals surface area contributed by atoms with E-state index in [1.165, 1.54) is 7.11 Å². The van der Waals surface area contributed by atoms with Crippen LogP contribution in [0.1, 0.15) is 24.3 Å². The van der Waals surface area contributed by atoms with E-state index in [2.05, 4.69) is 33.1 Å². The molecule has 0 spiro atoms. The second kappa shape index (κ2) is 9.95. The summed E-state index contributed by atoms with van der Waals surface area (Å²) in [6.07, 6.45) is 0. The molecule has 0 bridgehead atoms. The zero-order valence-electron chi connectivity index (χ0n) is 19.7. The van der Waals surface area contributed by atoms with Crippen molar-refractivity contribution in [1.82, 2.24) is 9.88 Å². The first kappa shape index (κ1) is 23.9. The number of fused-ring (bicyclic) bond motifs is 1. The molecule has 1 aliphatic heterocycles. The molecule has 1 amide bonds. The van der Waals surface area contributed by atoms with E-state index in [1.807, 2.05) is 25.1 Å². The van der Waals surface area contributed by atoms with Crippen LogP contribution in [0.4, 0.5) is 11.4 Å². The number of amides is 1. The number of H-pyrrole nitrogens is 1. The minimum Gasteiger partial charge on any atom is -0.497 e. The minimum atomic E-state index is -0.559. The van der Waals surface area contributed by atoms with Gasteiger partial charge < -0.3 is 24.7 Å². The van der Waals surface area contributed by atoms with E-state index in [0.717, 1.165) is 31.1 Å². The maximum atomic E-state index is 13.3. The molecule has 2 atom stereocenters. The monoisotopic (exact) mass is 484 g/mol. The molecule has 3 aromatic rings. The van der Waals surface area contributed by atoms with Crippen molar-refractivity contribution in [2.45, 2.75) is 25.9 Å². The number of aromatic amines is 1. The summed E-state index contributed by atoms with van der Waals surface area (Å²) in [5.74, 6) is 0.0592. The Morgan fingerprint density at radius 2 is 1.97 bits per heavy atom. The first-order valence-electron chi connectivity index (χ1n) is 11.2. The van der Waals surface area contributed by atoms with Gasteiger partial charge in [0.2, 0.25) is 5.91 Å². The minimum absolute atomic E-state index is 0.191.